The van der Waals surface area contributed by atoms with Gasteiger partial charge in [0.15, 0.2) is 0 Å². The van der Waals surface area contributed by atoms with Crippen molar-refractivity contribution in [2.24, 2.45) is 5.92 Å². The van der Waals surface area contributed by atoms with E-state index in [2.05, 4.69) is 19.2 Å². The highest BCUT2D eigenvalue weighted by atomic mass is 32.2. The van der Waals surface area contributed by atoms with Crippen molar-refractivity contribution in [1.82, 2.24) is 5.32 Å². The van der Waals surface area contributed by atoms with Gasteiger partial charge in [0.05, 0.1) is 11.9 Å². The summed E-state index contributed by atoms with van der Waals surface area (Å²) in [5.41, 5.74) is 0.880. The van der Waals surface area contributed by atoms with Gasteiger partial charge in [-0.2, -0.15) is 0 Å². The standard InChI is InChI=1S/C15H23NO2S/c1-11(2)7-8-16-15(18)10-19-14-6-4-5-13(9-14)12(3)17/h4-6,9,11-12,17H,7-8,10H2,1-3H3,(H,16,18). The summed E-state index contributed by atoms with van der Waals surface area (Å²) in [5, 5.41) is 12.4. The third-order valence-electron chi connectivity index (χ3n) is 2.75. The molecule has 0 fully saturated rings. The molecule has 19 heavy (non-hydrogen) atoms. The number of aliphatic hydroxyl groups excluding tert-OH is 1. The zero-order valence-electron chi connectivity index (χ0n) is 11.8. The van der Waals surface area contributed by atoms with Gasteiger partial charge in [-0.25, -0.2) is 0 Å². The van der Waals surface area contributed by atoms with Crippen LogP contribution in [0.4, 0.5) is 0 Å². The molecule has 0 radical (unpaired) electrons. The van der Waals surface area contributed by atoms with E-state index in [1.54, 1.807) is 6.92 Å². The van der Waals surface area contributed by atoms with E-state index in [4.69, 9.17) is 0 Å². The Labute approximate surface area is 119 Å². The molecule has 0 heterocycles. The van der Waals surface area contributed by atoms with Crippen molar-refractivity contribution in [2.75, 3.05) is 12.3 Å². The molecule has 0 aromatic heterocycles. The zero-order valence-corrected chi connectivity index (χ0v) is 12.7. The topological polar surface area (TPSA) is 49.3 Å². The summed E-state index contributed by atoms with van der Waals surface area (Å²) in [5.74, 6) is 1.09. The number of hydrogen-bond acceptors (Lipinski definition) is 3. The quantitative estimate of drug-likeness (QED) is 0.755. The number of aliphatic hydroxyl groups is 1. The molecule has 2 N–H and O–H groups in total. The third-order valence-corrected chi connectivity index (χ3v) is 3.75. The molecule has 0 spiro atoms. The van der Waals surface area contributed by atoms with Crippen LogP contribution >= 0.6 is 11.8 Å². The van der Waals surface area contributed by atoms with E-state index in [1.165, 1.54) is 11.8 Å². The lowest BCUT2D eigenvalue weighted by atomic mass is 10.1. The van der Waals surface area contributed by atoms with Crippen molar-refractivity contribution in [3.63, 3.8) is 0 Å². The monoisotopic (exact) mass is 281 g/mol. The lowest BCUT2D eigenvalue weighted by Crippen LogP contribution is -2.26. The number of benzene rings is 1. The average Bonchev–Trinajstić information content (AvgIpc) is 2.36. The maximum absolute atomic E-state index is 11.6. The highest BCUT2D eigenvalue weighted by Crippen LogP contribution is 2.22. The van der Waals surface area contributed by atoms with Crippen LogP contribution in [0.5, 0.6) is 0 Å². The predicted octanol–water partition coefficient (Wildman–Crippen LogP) is 2.99. The van der Waals surface area contributed by atoms with E-state index < -0.39 is 6.10 Å². The maximum atomic E-state index is 11.6. The Balaban J connectivity index is 2.35. The molecule has 1 unspecified atom stereocenters. The second-order valence-corrected chi connectivity index (χ2v) is 6.12. The second kappa shape index (κ2) is 8.23. The van der Waals surface area contributed by atoms with Gasteiger partial charge in [-0.05, 0) is 37.0 Å². The van der Waals surface area contributed by atoms with Crippen LogP contribution in [-0.4, -0.2) is 23.3 Å². The van der Waals surface area contributed by atoms with Gasteiger partial charge in [-0.1, -0.05) is 26.0 Å². The maximum Gasteiger partial charge on any atom is 0.230 e. The van der Waals surface area contributed by atoms with Crippen molar-refractivity contribution in [3.8, 4) is 0 Å². The number of carbonyl (C=O) groups excluding carboxylic acids is 1. The Bertz CT molecular complexity index is 405. The molecule has 1 amide bonds. The summed E-state index contributed by atoms with van der Waals surface area (Å²) in [6, 6.07) is 7.67. The van der Waals surface area contributed by atoms with E-state index in [-0.39, 0.29) is 5.91 Å². The summed E-state index contributed by atoms with van der Waals surface area (Å²) < 4.78 is 0. The van der Waals surface area contributed by atoms with E-state index in [9.17, 15) is 9.90 Å². The van der Waals surface area contributed by atoms with E-state index in [1.807, 2.05) is 24.3 Å². The first-order valence-corrected chi connectivity index (χ1v) is 7.65. The summed E-state index contributed by atoms with van der Waals surface area (Å²) >= 11 is 1.50. The van der Waals surface area contributed by atoms with Gasteiger partial charge in [-0.3, -0.25) is 4.79 Å². The molecule has 1 rings (SSSR count). The van der Waals surface area contributed by atoms with Crippen LogP contribution in [0, 0.1) is 5.92 Å². The van der Waals surface area contributed by atoms with Crippen LogP contribution in [0.2, 0.25) is 0 Å². The SMILES string of the molecule is CC(C)CCNC(=O)CSc1cccc(C(C)O)c1. The predicted molar refractivity (Wildman–Crippen MR) is 80.3 cm³/mol. The number of thioether (sulfide) groups is 1. The Hall–Kier alpha value is -1.00. The molecule has 0 aliphatic carbocycles. The Morgan fingerprint density at radius 2 is 2.11 bits per heavy atom. The number of hydrogen-bond donors (Lipinski definition) is 2. The van der Waals surface area contributed by atoms with Gasteiger partial charge in [0.2, 0.25) is 5.91 Å². The number of nitrogens with one attached hydrogen (secondary N) is 1. The Morgan fingerprint density at radius 1 is 1.37 bits per heavy atom. The molecule has 1 aromatic carbocycles. The fourth-order valence-corrected chi connectivity index (χ4v) is 2.36. The molecule has 4 heteroatoms. The number of carbonyl (C=O) groups is 1. The third kappa shape index (κ3) is 6.64. The number of rotatable bonds is 7. The van der Waals surface area contributed by atoms with Crippen molar-refractivity contribution >= 4 is 17.7 Å². The van der Waals surface area contributed by atoms with Gasteiger partial charge >= 0.3 is 0 Å². The fourth-order valence-electron chi connectivity index (χ4n) is 1.56. The largest absolute Gasteiger partial charge is 0.389 e. The minimum atomic E-state index is -0.472. The Morgan fingerprint density at radius 3 is 2.74 bits per heavy atom. The van der Waals surface area contributed by atoms with Crippen LogP contribution in [0.15, 0.2) is 29.2 Å². The molecule has 3 nitrogen and oxygen atoms in total. The van der Waals surface area contributed by atoms with Crippen molar-refractivity contribution in [1.29, 1.82) is 0 Å². The molecule has 0 aliphatic heterocycles. The first kappa shape index (κ1) is 16.1. The highest BCUT2D eigenvalue weighted by Gasteiger charge is 2.05. The van der Waals surface area contributed by atoms with Gasteiger partial charge in [0.1, 0.15) is 0 Å². The van der Waals surface area contributed by atoms with E-state index in [0.717, 1.165) is 23.4 Å². The van der Waals surface area contributed by atoms with Crippen LogP contribution in [0.1, 0.15) is 38.9 Å². The Kier molecular flexibility index (Phi) is 6.95. The molecule has 0 bridgehead atoms. The lowest BCUT2D eigenvalue weighted by molar-refractivity contribution is -0.118. The lowest BCUT2D eigenvalue weighted by Gasteiger charge is -2.08. The fraction of sp³-hybridized carbons (Fsp3) is 0.533. The van der Waals surface area contributed by atoms with Crippen molar-refractivity contribution in [2.45, 2.75) is 38.2 Å². The first-order valence-electron chi connectivity index (χ1n) is 6.66. The number of amides is 1. The van der Waals surface area contributed by atoms with Crippen LogP contribution < -0.4 is 5.32 Å². The van der Waals surface area contributed by atoms with Gasteiger partial charge in [0.25, 0.3) is 0 Å². The zero-order chi connectivity index (χ0) is 14.3. The highest BCUT2D eigenvalue weighted by molar-refractivity contribution is 8.00. The molecule has 106 valence electrons. The smallest absolute Gasteiger partial charge is 0.230 e. The first-order chi connectivity index (χ1) is 8.99. The van der Waals surface area contributed by atoms with Crippen LogP contribution in [-0.2, 0) is 4.79 Å². The summed E-state index contributed by atoms with van der Waals surface area (Å²) in [4.78, 5) is 12.6. The van der Waals surface area contributed by atoms with Crippen LogP contribution in [0.25, 0.3) is 0 Å². The molecule has 1 atom stereocenters. The van der Waals surface area contributed by atoms with E-state index >= 15 is 0 Å². The van der Waals surface area contributed by atoms with Gasteiger partial charge in [0, 0.05) is 11.4 Å². The summed E-state index contributed by atoms with van der Waals surface area (Å²) in [7, 11) is 0. The molecule has 0 saturated carbocycles. The summed E-state index contributed by atoms with van der Waals surface area (Å²) in [6.07, 6.45) is 0.536. The normalized spacial score (nSPS) is 12.5. The molecule has 0 saturated heterocycles. The summed E-state index contributed by atoms with van der Waals surface area (Å²) in [6.45, 7) is 6.76. The molecular weight excluding hydrogens is 258 g/mol. The van der Waals surface area contributed by atoms with Gasteiger partial charge in [-0.15, -0.1) is 11.8 Å². The molecule has 0 aliphatic rings. The van der Waals surface area contributed by atoms with Crippen molar-refractivity contribution in [3.05, 3.63) is 29.8 Å². The minimum absolute atomic E-state index is 0.0631. The van der Waals surface area contributed by atoms with Crippen LogP contribution in [0.3, 0.4) is 0 Å². The van der Waals surface area contributed by atoms with E-state index in [0.29, 0.717) is 11.7 Å². The van der Waals surface area contributed by atoms with Gasteiger partial charge < -0.3 is 10.4 Å². The second-order valence-electron chi connectivity index (χ2n) is 5.07. The minimum Gasteiger partial charge on any atom is -0.389 e. The average molecular weight is 281 g/mol. The molecule has 1 aromatic rings. The molecular formula is C15H23NO2S. The van der Waals surface area contributed by atoms with Crippen molar-refractivity contribution < 1.29 is 9.90 Å².